The van der Waals surface area contributed by atoms with Gasteiger partial charge < -0.3 is 21.1 Å². The number of unbranched alkanes of at least 4 members (excludes halogenated alkanes) is 1. The number of amides is 2. The summed E-state index contributed by atoms with van der Waals surface area (Å²) >= 11 is 0. The molecule has 0 aliphatic heterocycles. The molecule has 9 heteroatoms. The smallest absolute Gasteiger partial charge is 0.416 e. The van der Waals surface area contributed by atoms with Crippen molar-refractivity contribution < 1.29 is 27.5 Å². The number of benzene rings is 1. The van der Waals surface area contributed by atoms with Gasteiger partial charge in [0, 0.05) is 13.1 Å². The Kier molecular flexibility index (Phi) is 8.74. The first-order valence-corrected chi connectivity index (χ1v) is 9.05. The van der Waals surface area contributed by atoms with Gasteiger partial charge in [-0.05, 0) is 51.7 Å². The molecule has 0 unspecified atom stereocenters. The number of alkyl carbamates (subject to hydrolysis) is 1. The maximum absolute atomic E-state index is 12.9. The lowest BCUT2D eigenvalue weighted by atomic mass is 10.1. The van der Waals surface area contributed by atoms with Gasteiger partial charge in [-0.15, -0.1) is 0 Å². The van der Waals surface area contributed by atoms with Gasteiger partial charge in [-0.1, -0.05) is 18.2 Å². The molecule has 6 nitrogen and oxygen atoms in total. The fraction of sp³-hybridized carbons (Fsp3) is 0.579. The number of halogens is 3. The molecule has 1 rings (SSSR count). The van der Waals surface area contributed by atoms with Crippen LogP contribution in [0.1, 0.15) is 51.2 Å². The molecule has 0 aliphatic carbocycles. The molecule has 0 fully saturated rings. The molecule has 2 amide bonds. The van der Waals surface area contributed by atoms with E-state index >= 15 is 0 Å². The summed E-state index contributed by atoms with van der Waals surface area (Å²) in [6.07, 6.45) is -3.48. The van der Waals surface area contributed by atoms with Crippen molar-refractivity contribution in [2.24, 2.45) is 5.73 Å². The molecule has 0 spiro atoms. The lowest BCUT2D eigenvalue weighted by Crippen LogP contribution is -2.40. The minimum absolute atomic E-state index is 0.0166. The van der Waals surface area contributed by atoms with Gasteiger partial charge in [0.15, 0.2) is 0 Å². The second-order valence-electron chi connectivity index (χ2n) is 7.40. The van der Waals surface area contributed by atoms with E-state index in [-0.39, 0.29) is 12.1 Å². The number of hydrogen-bond donors (Lipinski definition) is 3. The number of carbonyl (C=O) groups excluding carboxylic acids is 2. The molecule has 0 radical (unpaired) electrons. The summed E-state index contributed by atoms with van der Waals surface area (Å²) in [6.45, 7) is 5.41. The lowest BCUT2D eigenvalue weighted by Gasteiger charge is -2.19. The molecule has 0 saturated carbocycles. The first-order chi connectivity index (χ1) is 12.9. The number of nitrogens with one attached hydrogen (secondary N) is 2. The molecule has 1 atom stereocenters. The second-order valence-corrected chi connectivity index (χ2v) is 7.40. The highest BCUT2D eigenvalue weighted by Crippen LogP contribution is 2.31. The monoisotopic (exact) mass is 403 g/mol. The standard InChI is InChI=1S/C19H28F3N3O3/c1-18(2,3)28-17(27)24-11-7-6-10-15(23)16(26)25-12-13-8-4-5-9-14(13)19(20,21)22/h4-5,8-9,15H,6-7,10-12,23H2,1-3H3,(H,24,27)(H,25,26)/t15-/m0/s1. The van der Waals surface area contributed by atoms with Gasteiger partial charge in [0.25, 0.3) is 0 Å². The van der Waals surface area contributed by atoms with Gasteiger partial charge in [-0.2, -0.15) is 13.2 Å². The molecule has 0 saturated heterocycles. The molecule has 0 heterocycles. The average molecular weight is 403 g/mol. The molecule has 4 N–H and O–H groups in total. The van der Waals surface area contributed by atoms with E-state index in [1.807, 2.05) is 0 Å². The fourth-order valence-electron chi connectivity index (χ4n) is 2.39. The van der Waals surface area contributed by atoms with Gasteiger partial charge in [0.2, 0.25) is 5.91 Å². The SMILES string of the molecule is CC(C)(C)OC(=O)NCCCC[C@H](N)C(=O)NCc1ccccc1C(F)(F)F. The second kappa shape index (κ2) is 10.3. The average Bonchev–Trinajstić information content (AvgIpc) is 2.57. The maximum Gasteiger partial charge on any atom is 0.416 e. The first-order valence-electron chi connectivity index (χ1n) is 9.05. The molecule has 1 aromatic rings. The molecule has 0 aromatic heterocycles. The van der Waals surface area contributed by atoms with Gasteiger partial charge in [-0.25, -0.2) is 4.79 Å². The Morgan fingerprint density at radius 2 is 1.75 bits per heavy atom. The van der Waals surface area contributed by atoms with Crippen LogP contribution in [0.2, 0.25) is 0 Å². The summed E-state index contributed by atoms with van der Waals surface area (Å²) in [6, 6.07) is 4.23. The minimum atomic E-state index is -4.48. The zero-order chi connectivity index (χ0) is 21.4. The largest absolute Gasteiger partial charge is 0.444 e. The Balaban J connectivity index is 2.32. The van der Waals surface area contributed by atoms with Gasteiger partial charge >= 0.3 is 12.3 Å². The van der Waals surface area contributed by atoms with Gasteiger partial charge in [-0.3, -0.25) is 4.79 Å². The van der Waals surface area contributed by atoms with Crippen LogP contribution < -0.4 is 16.4 Å². The van der Waals surface area contributed by atoms with Crippen molar-refractivity contribution in [1.29, 1.82) is 0 Å². The highest BCUT2D eigenvalue weighted by atomic mass is 19.4. The van der Waals surface area contributed by atoms with E-state index in [1.165, 1.54) is 18.2 Å². The zero-order valence-corrected chi connectivity index (χ0v) is 16.4. The van der Waals surface area contributed by atoms with Crippen molar-refractivity contribution in [2.75, 3.05) is 6.54 Å². The van der Waals surface area contributed by atoms with E-state index in [2.05, 4.69) is 10.6 Å². The zero-order valence-electron chi connectivity index (χ0n) is 16.4. The van der Waals surface area contributed by atoms with Crippen molar-refractivity contribution in [3.63, 3.8) is 0 Å². The predicted molar refractivity (Wildman–Crippen MR) is 99.4 cm³/mol. The number of ether oxygens (including phenoxy) is 1. The molecular weight excluding hydrogens is 375 g/mol. The topological polar surface area (TPSA) is 93.4 Å². The Morgan fingerprint density at radius 3 is 2.36 bits per heavy atom. The number of alkyl halides is 3. The van der Waals surface area contributed by atoms with E-state index in [1.54, 1.807) is 20.8 Å². The molecule has 0 aliphatic rings. The quantitative estimate of drug-likeness (QED) is 0.581. The summed E-state index contributed by atoms with van der Waals surface area (Å²) in [5.74, 6) is -0.517. The number of hydrogen-bond acceptors (Lipinski definition) is 4. The molecule has 0 bridgehead atoms. The molecular formula is C19H28F3N3O3. The number of carbonyl (C=O) groups is 2. The van der Waals surface area contributed by atoms with E-state index in [0.29, 0.717) is 25.8 Å². The van der Waals surface area contributed by atoms with Crippen LogP contribution >= 0.6 is 0 Å². The van der Waals surface area contributed by atoms with Crippen molar-refractivity contribution >= 4 is 12.0 Å². The van der Waals surface area contributed by atoms with Crippen LogP contribution in [0.25, 0.3) is 0 Å². The van der Waals surface area contributed by atoms with Crippen molar-refractivity contribution in [1.82, 2.24) is 10.6 Å². The molecule has 1 aromatic carbocycles. The molecule has 28 heavy (non-hydrogen) atoms. The Labute approximate surface area is 163 Å². The third-order valence-electron chi connectivity index (χ3n) is 3.72. The highest BCUT2D eigenvalue weighted by Gasteiger charge is 2.32. The third kappa shape index (κ3) is 9.07. The van der Waals surface area contributed by atoms with Gasteiger partial charge in [0.05, 0.1) is 11.6 Å². The van der Waals surface area contributed by atoms with E-state index in [9.17, 15) is 22.8 Å². The summed E-state index contributed by atoms with van der Waals surface area (Å²) in [4.78, 5) is 23.5. The van der Waals surface area contributed by atoms with E-state index in [4.69, 9.17) is 10.5 Å². The molecule has 158 valence electrons. The van der Waals surface area contributed by atoms with Crippen LogP contribution in [0.3, 0.4) is 0 Å². The fourth-order valence-corrected chi connectivity index (χ4v) is 2.39. The lowest BCUT2D eigenvalue weighted by molar-refractivity contribution is -0.138. The third-order valence-corrected chi connectivity index (χ3v) is 3.72. The summed E-state index contributed by atoms with van der Waals surface area (Å²) in [7, 11) is 0. The van der Waals surface area contributed by atoms with E-state index < -0.39 is 35.4 Å². The van der Waals surface area contributed by atoms with Crippen LogP contribution in [0.5, 0.6) is 0 Å². The van der Waals surface area contributed by atoms with E-state index in [0.717, 1.165) is 6.07 Å². The maximum atomic E-state index is 12.9. The Bertz CT molecular complexity index is 658. The summed E-state index contributed by atoms with van der Waals surface area (Å²) < 4.78 is 43.9. The summed E-state index contributed by atoms with van der Waals surface area (Å²) in [5, 5.41) is 5.04. The van der Waals surface area contributed by atoms with Gasteiger partial charge in [0.1, 0.15) is 5.60 Å². The van der Waals surface area contributed by atoms with Crippen molar-refractivity contribution in [3.8, 4) is 0 Å². The number of rotatable bonds is 8. The Morgan fingerprint density at radius 1 is 1.11 bits per heavy atom. The minimum Gasteiger partial charge on any atom is -0.444 e. The number of nitrogens with two attached hydrogens (primary N) is 1. The van der Waals surface area contributed by atoms with Crippen LogP contribution in [0.4, 0.5) is 18.0 Å². The van der Waals surface area contributed by atoms with Crippen LogP contribution in [-0.2, 0) is 22.3 Å². The first kappa shape index (κ1) is 23.7. The predicted octanol–water partition coefficient (Wildman–Crippen LogP) is 3.34. The summed E-state index contributed by atoms with van der Waals surface area (Å²) in [5.41, 5.74) is 4.41. The highest BCUT2D eigenvalue weighted by molar-refractivity contribution is 5.81. The van der Waals surface area contributed by atoms with Crippen LogP contribution in [-0.4, -0.2) is 30.2 Å². The Hall–Kier alpha value is -2.29. The normalized spacial score (nSPS) is 13.0. The van der Waals surface area contributed by atoms with Crippen LogP contribution in [0, 0.1) is 0 Å². The van der Waals surface area contributed by atoms with Crippen LogP contribution in [0.15, 0.2) is 24.3 Å². The van der Waals surface area contributed by atoms with Crippen molar-refractivity contribution in [2.45, 2.75) is 64.4 Å². The van der Waals surface area contributed by atoms with Crippen molar-refractivity contribution in [3.05, 3.63) is 35.4 Å².